The van der Waals surface area contributed by atoms with Crippen LogP contribution < -0.4 is 0 Å². The molecule has 4 aromatic rings. The average Bonchev–Trinajstić information content (AvgIpc) is 2.79. The van der Waals surface area contributed by atoms with E-state index in [9.17, 15) is 8.78 Å². The third kappa shape index (κ3) is 5.02. The van der Waals surface area contributed by atoms with Crippen LogP contribution >= 0.6 is 0 Å². The molecule has 3 aromatic carbocycles. The fourth-order valence-electron chi connectivity index (χ4n) is 3.24. The molecule has 0 unspecified atom stereocenters. The van der Waals surface area contributed by atoms with Gasteiger partial charge in [-0.1, -0.05) is 36.1 Å². The Morgan fingerprint density at radius 3 is 2.42 bits per heavy atom. The van der Waals surface area contributed by atoms with Gasteiger partial charge in [-0.2, -0.15) is 0 Å². The smallest absolute Gasteiger partial charge is 0.159 e. The SMILES string of the molecule is C/C=C/CCc1cnc(-c2ccc(C#Cc3ccc4cc(F)ccc4c3)c(F)c2)nc1. The van der Waals surface area contributed by atoms with Gasteiger partial charge in [-0.05, 0) is 78.6 Å². The molecule has 4 heteroatoms. The van der Waals surface area contributed by atoms with Crippen molar-refractivity contribution in [3.05, 3.63) is 107 Å². The molecule has 152 valence electrons. The number of rotatable bonds is 4. The molecule has 0 bridgehead atoms. The van der Waals surface area contributed by atoms with Crippen molar-refractivity contribution >= 4 is 10.8 Å². The van der Waals surface area contributed by atoms with Gasteiger partial charge in [-0.25, -0.2) is 18.7 Å². The summed E-state index contributed by atoms with van der Waals surface area (Å²) in [7, 11) is 0. The molecule has 0 radical (unpaired) electrons. The molecular weight excluding hydrogens is 390 g/mol. The van der Waals surface area contributed by atoms with E-state index in [2.05, 4.69) is 27.9 Å². The Morgan fingerprint density at radius 2 is 1.65 bits per heavy atom. The normalized spacial score (nSPS) is 10.9. The molecule has 0 aliphatic carbocycles. The predicted molar refractivity (Wildman–Crippen MR) is 120 cm³/mol. The first-order valence-electron chi connectivity index (χ1n) is 10.1. The van der Waals surface area contributed by atoms with Gasteiger partial charge in [0.1, 0.15) is 11.6 Å². The van der Waals surface area contributed by atoms with Crippen molar-refractivity contribution < 1.29 is 8.78 Å². The lowest BCUT2D eigenvalue weighted by atomic mass is 10.1. The summed E-state index contributed by atoms with van der Waals surface area (Å²) in [6, 6.07) is 14.9. The number of aromatic nitrogens is 2. The second kappa shape index (κ2) is 9.32. The van der Waals surface area contributed by atoms with Gasteiger partial charge in [0.15, 0.2) is 5.82 Å². The van der Waals surface area contributed by atoms with Crippen LogP contribution in [0.25, 0.3) is 22.2 Å². The topological polar surface area (TPSA) is 25.8 Å². The van der Waals surface area contributed by atoms with Gasteiger partial charge >= 0.3 is 0 Å². The minimum absolute atomic E-state index is 0.277. The highest BCUT2D eigenvalue weighted by molar-refractivity contribution is 5.84. The van der Waals surface area contributed by atoms with E-state index in [0.717, 1.165) is 34.7 Å². The minimum Gasteiger partial charge on any atom is -0.236 e. The van der Waals surface area contributed by atoms with Crippen molar-refractivity contribution in [3.8, 4) is 23.2 Å². The van der Waals surface area contributed by atoms with E-state index in [4.69, 9.17) is 0 Å². The first-order chi connectivity index (χ1) is 15.1. The number of benzene rings is 3. The summed E-state index contributed by atoms with van der Waals surface area (Å²) in [6.45, 7) is 1.99. The van der Waals surface area contributed by atoms with Crippen LogP contribution in [0.15, 0.2) is 79.1 Å². The van der Waals surface area contributed by atoms with E-state index < -0.39 is 5.82 Å². The van der Waals surface area contributed by atoms with Crippen molar-refractivity contribution in [2.75, 3.05) is 0 Å². The maximum atomic E-state index is 14.6. The maximum absolute atomic E-state index is 14.6. The van der Waals surface area contributed by atoms with Crippen LogP contribution in [0.2, 0.25) is 0 Å². The quantitative estimate of drug-likeness (QED) is 0.284. The van der Waals surface area contributed by atoms with E-state index in [1.165, 1.54) is 18.2 Å². The summed E-state index contributed by atoms with van der Waals surface area (Å²) in [5.74, 6) is 5.64. The van der Waals surface area contributed by atoms with Crippen LogP contribution in [0.1, 0.15) is 30.0 Å². The lowest BCUT2D eigenvalue weighted by molar-refractivity contribution is 0.624. The Bertz CT molecular complexity index is 1310. The highest BCUT2D eigenvalue weighted by Crippen LogP contribution is 2.20. The van der Waals surface area contributed by atoms with E-state index in [1.807, 2.05) is 19.1 Å². The lowest BCUT2D eigenvalue weighted by Gasteiger charge is -2.03. The number of hydrogen-bond donors (Lipinski definition) is 0. The highest BCUT2D eigenvalue weighted by atomic mass is 19.1. The Labute approximate surface area is 180 Å². The molecule has 0 aliphatic heterocycles. The number of allylic oxidation sites excluding steroid dienone is 2. The summed E-state index contributed by atoms with van der Waals surface area (Å²) < 4.78 is 27.9. The minimum atomic E-state index is -0.423. The van der Waals surface area contributed by atoms with E-state index in [-0.39, 0.29) is 5.82 Å². The van der Waals surface area contributed by atoms with Gasteiger partial charge in [0.05, 0.1) is 5.56 Å². The monoisotopic (exact) mass is 410 g/mol. The Kier molecular flexibility index (Phi) is 6.14. The molecule has 0 N–H and O–H groups in total. The molecule has 31 heavy (non-hydrogen) atoms. The van der Waals surface area contributed by atoms with Crippen molar-refractivity contribution in [3.63, 3.8) is 0 Å². The second-order valence-corrected chi connectivity index (χ2v) is 7.17. The molecule has 0 saturated carbocycles. The number of hydrogen-bond acceptors (Lipinski definition) is 2. The predicted octanol–water partition coefficient (Wildman–Crippen LogP) is 6.48. The summed E-state index contributed by atoms with van der Waals surface area (Å²) >= 11 is 0. The number of nitrogens with zero attached hydrogens (tertiary/aromatic N) is 2. The third-order valence-corrected chi connectivity index (χ3v) is 4.91. The van der Waals surface area contributed by atoms with Crippen molar-refractivity contribution in [2.24, 2.45) is 0 Å². The summed E-state index contributed by atoms with van der Waals surface area (Å²) in [5, 5.41) is 1.68. The lowest BCUT2D eigenvalue weighted by Crippen LogP contribution is -1.94. The van der Waals surface area contributed by atoms with Gasteiger partial charge in [0.25, 0.3) is 0 Å². The second-order valence-electron chi connectivity index (χ2n) is 7.17. The fourth-order valence-corrected chi connectivity index (χ4v) is 3.24. The van der Waals surface area contributed by atoms with Gasteiger partial charge < -0.3 is 0 Å². The third-order valence-electron chi connectivity index (χ3n) is 4.91. The molecule has 0 atom stereocenters. The number of fused-ring (bicyclic) bond motifs is 1. The molecular formula is C27H20F2N2. The summed E-state index contributed by atoms with van der Waals surface area (Å²) in [6.07, 6.45) is 9.49. The van der Waals surface area contributed by atoms with Crippen LogP contribution in [-0.2, 0) is 6.42 Å². The highest BCUT2D eigenvalue weighted by Gasteiger charge is 2.06. The molecule has 0 amide bonds. The Hall–Kier alpha value is -3.84. The standard InChI is InChI=1S/C27H20F2N2/c1-2-3-4-5-20-17-30-27(31-18-20)24-11-10-21(26(29)16-24)8-6-19-7-9-23-15-25(28)13-12-22(23)14-19/h2-3,7,9-18H,4-5H2,1H3/b3-2+. The first kappa shape index (κ1) is 20.4. The largest absolute Gasteiger partial charge is 0.236 e. The molecule has 4 rings (SSSR count). The van der Waals surface area contributed by atoms with Crippen LogP contribution in [0.3, 0.4) is 0 Å². The van der Waals surface area contributed by atoms with Gasteiger partial charge in [0.2, 0.25) is 0 Å². The zero-order valence-corrected chi connectivity index (χ0v) is 17.1. The Morgan fingerprint density at radius 1 is 0.871 bits per heavy atom. The summed E-state index contributed by atoms with van der Waals surface area (Å²) in [5.41, 5.74) is 2.68. The number of aryl methyl sites for hydroxylation is 1. The van der Waals surface area contributed by atoms with Crippen molar-refractivity contribution in [1.29, 1.82) is 0 Å². The molecule has 0 fully saturated rings. The number of halogens is 2. The van der Waals surface area contributed by atoms with Gasteiger partial charge in [-0.15, -0.1) is 0 Å². The molecule has 0 aliphatic rings. The maximum Gasteiger partial charge on any atom is 0.159 e. The van der Waals surface area contributed by atoms with Crippen LogP contribution in [-0.4, -0.2) is 9.97 Å². The van der Waals surface area contributed by atoms with E-state index in [0.29, 0.717) is 17.0 Å². The first-order valence-corrected chi connectivity index (χ1v) is 10.1. The van der Waals surface area contributed by atoms with Crippen LogP contribution in [0, 0.1) is 23.5 Å². The van der Waals surface area contributed by atoms with E-state index >= 15 is 0 Å². The molecule has 2 nitrogen and oxygen atoms in total. The molecule has 1 heterocycles. The zero-order valence-electron chi connectivity index (χ0n) is 17.1. The van der Waals surface area contributed by atoms with Crippen molar-refractivity contribution in [2.45, 2.75) is 19.8 Å². The average molecular weight is 410 g/mol. The van der Waals surface area contributed by atoms with Crippen LogP contribution in [0.4, 0.5) is 8.78 Å². The van der Waals surface area contributed by atoms with Gasteiger partial charge in [-0.3, -0.25) is 0 Å². The fraction of sp³-hybridized carbons (Fsp3) is 0.111. The molecule has 1 aromatic heterocycles. The molecule has 0 saturated heterocycles. The zero-order chi connectivity index (χ0) is 21.6. The van der Waals surface area contributed by atoms with Gasteiger partial charge in [0, 0.05) is 23.5 Å². The van der Waals surface area contributed by atoms with E-state index in [1.54, 1.807) is 42.7 Å². The summed E-state index contributed by atoms with van der Waals surface area (Å²) in [4.78, 5) is 8.73. The van der Waals surface area contributed by atoms with Crippen molar-refractivity contribution in [1.82, 2.24) is 9.97 Å². The van der Waals surface area contributed by atoms with Crippen LogP contribution in [0.5, 0.6) is 0 Å². The molecule has 0 spiro atoms. The Balaban J connectivity index is 1.52.